The Morgan fingerprint density at radius 2 is 2.04 bits per heavy atom. The van der Waals surface area contributed by atoms with Crippen molar-refractivity contribution < 1.29 is 8.42 Å². The highest BCUT2D eigenvalue weighted by Gasteiger charge is 2.33. The predicted molar refractivity (Wildman–Crippen MR) is 90.3 cm³/mol. The zero-order valence-corrected chi connectivity index (χ0v) is 14.9. The molecule has 1 saturated heterocycles. The van der Waals surface area contributed by atoms with Crippen molar-refractivity contribution in [3.8, 4) is 11.5 Å². The van der Waals surface area contributed by atoms with E-state index in [1.807, 2.05) is 6.92 Å². The zero-order valence-electron chi connectivity index (χ0n) is 14.1. The Balaban J connectivity index is 1.77. The molecular formula is C15H22N6O2S. The SMILES string of the molecule is Cc1cnc(-c2nccnc2C[C@H]2CCN(S(=O)(=O)N(C)C)C2)[nH]1. The van der Waals surface area contributed by atoms with Crippen LogP contribution in [0.3, 0.4) is 0 Å². The molecule has 0 spiro atoms. The molecule has 1 fully saturated rings. The van der Waals surface area contributed by atoms with E-state index in [4.69, 9.17) is 0 Å². The highest BCUT2D eigenvalue weighted by atomic mass is 32.2. The lowest BCUT2D eigenvalue weighted by atomic mass is 10.0. The van der Waals surface area contributed by atoms with Crippen molar-refractivity contribution in [1.29, 1.82) is 0 Å². The maximum atomic E-state index is 12.2. The van der Waals surface area contributed by atoms with E-state index in [9.17, 15) is 8.42 Å². The van der Waals surface area contributed by atoms with Gasteiger partial charge in [-0.2, -0.15) is 17.0 Å². The fourth-order valence-electron chi connectivity index (χ4n) is 2.92. The lowest BCUT2D eigenvalue weighted by molar-refractivity contribution is 0.409. The molecule has 0 aromatic carbocycles. The van der Waals surface area contributed by atoms with Crippen LogP contribution in [0.4, 0.5) is 0 Å². The molecule has 2 aromatic heterocycles. The monoisotopic (exact) mass is 350 g/mol. The van der Waals surface area contributed by atoms with E-state index >= 15 is 0 Å². The molecule has 0 saturated carbocycles. The van der Waals surface area contributed by atoms with Gasteiger partial charge in [0, 0.05) is 51.5 Å². The second kappa shape index (κ2) is 6.58. The van der Waals surface area contributed by atoms with Gasteiger partial charge in [-0.05, 0) is 25.7 Å². The molecule has 3 heterocycles. The highest BCUT2D eigenvalue weighted by Crippen LogP contribution is 2.26. The average Bonchev–Trinajstić information content (AvgIpc) is 3.17. The molecule has 9 heteroatoms. The Morgan fingerprint density at radius 3 is 2.71 bits per heavy atom. The van der Waals surface area contributed by atoms with Gasteiger partial charge in [0.2, 0.25) is 0 Å². The van der Waals surface area contributed by atoms with Gasteiger partial charge in [0.25, 0.3) is 10.2 Å². The van der Waals surface area contributed by atoms with E-state index in [0.717, 1.165) is 23.5 Å². The van der Waals surface area contributed by atoms with Crippen LogP contribution in [0.5, 0.6) is 0 Å². The van der Waals surface area contributed by atoms with E-state index in [1.165, 1.54) is 8.61 Å². The smallest absolute Gasteiger partial charge is 0.281 e. The summed E-state index contributed by atoms with van der Waals surface area (Å²) in [7, 11) is -0.232. The largest absolute Gasteiger partial charge is 0.341 e. The molecule has 24 heavy (non-hydrogen) atoms. The van der Waals surface area contributed by atoms with E-state index in [2.05, 4.69) is 19.9 Å². The third-order valence-corrected chi connectivity index (χ3v) is 6.13. The molecule has 1 atom stereocenters. The summed E-state index contributed by atoms with van der Waals surface area (Å²) < 4.78 is 27.3. The van der Waals surface area contributed by atoms with Crippen molar-refractivity contribution in [2.45, 2.75) is 19.8 Å². The van der Waals surface area contributed by atoms with Gasteiger partial charge in [-0.1, -0.05) is 0 Å². The second-order valence-electron chi connectivity index (χ2n) is 6.27. The number of aromatic amines is 1. The van der Waals surface area contributed by atoms with Gasteiger partial charge in [-0.15, -0.1) is 0 Å². The van der Waals surface area contributed by atoms with Crippen molar-refractivity contribution in [3.63, 3.8) is 0 Å². The molecule has 0 aliphatic carbocycles. The zero-order chi connectivity index (χ0) is 17.3. The molecule has 2 aromatic rings. The van der Waals surface area contributed by atoms with Crippen molar-refractivity contribution in [2.75, 3.05) is 27.2 Å². The number of hydrogen-bond donors (Lipinski definition) is 1. The lowest BCUT2D eigenvalue weighted by Gasteiger charge is -2.20. The molecule has 3 rings (SSSR count). The fraction of sp³-hybridized carbons (Fsp3) is 0.533. The van der Waals surface area contributed by atoms with Crippen LogP contribution in [0.1, 0.15) is 17.8 Å². The molecule has 0 radical (unpaired) electrons. The number of nitrogens with one attached hydrogen (secondary N) is 1. The first-order valence-electron chi connectivity index (χ1n) is 7.87. The summed E-state index contributed by atoms with van der Waals surface area (Å²) in [6.07, 6.45) is 6.57. The standard InChI is InChI=1S/C15H22N6O2S/c1-11-9-18-15(19-11)14-13(16-5-6-17-14)8-12-4-7-21(10-12)24(22,23)20(2)3/h5-6,9,12H,4,7-8,10H2,1-3H3,(H,18,19)/t12-/m1/s1. The highest BCUT2D eigenvalue weighted by molar-refractivity contribution is 7.86. The first-order valence-corrected chi connectivity index (χ1v) is 9.27. The summed E-state index contributed by atoms with van der Waals surface area (Å²) in [5.74, 6) is 0.928. The van der Waals surface area contributed by atoms with Crippen LogP contribution in [0.2, 0.25) is 0 Å². The molecular weight excluding hydrogens is 328 g/mol. The Hall–Kier alpha value is -1.84. The number of nitrogens with zero attached hydrogens (tertiary/aromatic N) is 5. The molecule has 1 aliphatic heterocycles. The van der Waals surface area contributed by atoms with Crippen LogP contribution in [-0.2, 0) is 16.6 Å². The number of imidazole rings is 1. The number of aromatic nitrogens is 4. The minimum atomic E-state index is -3.35. The van der Waals surface area contributed by atoms with Crippen LogP contribution in [0.25, 0.3) is 11.5 Å². The third-order valence-electron chi connectivity index (χ3n) is 4.22. The third kappa shape index (κ3) is 3.33. The molecule has 0 amide bonds. The summed E-state index contributed by atoms with van der Waals surface area (Å²) in [4.78, 5) is 16.4. The van der Waals surface area contributed by atoms with Gasteiger partial charge < -0.3 is 4.98 Å². The Labute approximate surface area is 142 Å². The van der Waals surface area contributed by atoms with Crippen molar-refractivity contribution in [1.82, 2.24) is 28.5 Å². The predicted octanol–water partition coefficient (Wildman–Crippen LogP) is 0.846. The van der Waals surface area contributed by atoms with Gasteiger partial charge in [0.05, 0.1) is 5.69 Å². The van der Waals surface area contributed by atoms with Crippen LogP contribution in [0.15, 0.2) is 18.6 Å². The maximum Gasteiger partial charge on any atom is 0.281 e. The van der Waals surface area contributed by atoms with Crippen molar-refractivity contribution >= 4 is 10.2 Å². The van der Waals surface area contributed by atoms with Gasteiger partial charge in [0.15, 0.2) is 5.82 Å². The lowest BCUT2D eigenvalue weighted by Crippen LogP contribution is -2.38. The van der Waals surface area contributed by atoms with Crippen LogP contribution in [-0.4, -0.2) is 64.1 Å². The first kappa shape index (κ1) is 17.0. The quantitative estimate of drug-likeness (QED) is 0.862. The second-order valence-corrected chi connectivity index (χ2v) is 8.42. The van der Waals surface area contributed by atoms with E-state index in [1.54, 1.807) is 32.7 Å². The average molecular weight is 350 g/mol. The molecule has 1 N–H and O–H groups in total. The van der Waals surface area contributed by atoms with E-state index in [-0.39, 0.29) is 5.92 Å². The molecule has 8 nitrogen and oxygen atoms in total. The minimum absolute atomic E-state index is 0.228. The Morgan fingerprint density at radius 1 is 1.29 bits per heavy atom. The van der Waals surface area contributed by atoms with Gasteiger partial charge in [-0.25, -0.2) is 9.97 Å². The normalized spacial score (nSPS) is 19.2. The summed E-state index contributed by atoms with van der Waals surface area (Å²) in [6.45, 7) is 2.99. The topological polar surface area (TPSA) is 95.1 Å². The number of rotatable bonds is 5. The van der Waals surface area contributed by atoms with Gasteiger partial charge in [-0.3, -0.25) is 4.98 Å². The maximum absolute atomic E-state index is 12.2. The summed E-state index contributed by atoms with van der Waals surface area (Å²) in [5.41, 5.74) is 2.55. The number of H-pyrrole nitrogens is 1. The molecule has 0 unspecified atom stereocenters. The van der Waals surface area contributed by atoms with E-state index < -0.39 is 10.2 Å². The molecule has 0 bridgehead atoms. The molecule has 130 valence electrons. The van der Waals surface area contributed by atoms with Gasteiger partial charge >= 0.3 is 0 Å². The Bertz CT molecular complexity index is 817. The van der Waals surface area contributed by atoms with Crippen molar-refractivity contribution in [3.05, 3.63) is 30.0 Å². The Kier molecular flexibility index (Phi) is 4.66. The van der Waals surface area contributed by atoms with Crippen LogP contribution in [0, 0.1) is 12.8 Å². The molecule has 1 aliphatic rings. The minimum Gasteiger partial charge on any atom is -0.341 e. The van der Waals surface area contributed by atoms with Crippen LogP contribution >= 0.6 is 0 Å². The van der Waals surface area contributed by atoms with Gasteiger partial charge in [0.1, 0.15) is 5.69 Å². The van der Waals surface area contributed by atoms with Crippen LogP contribution < -0.4 is 0 Å². The van der Waals surface area contributed by atoms with Crippen molar-refractivity contribution in [2.24, 2.45) is 5.92 Å². The number of hydrogen-bond acceptors (Lipinski definition) is 5. The summed E-state index contributed by atoms with van der Waals surface area (Å²) >= 11 is 0. The van der Waals surface area contributed by atoms with E-state index in [0.29, 0.717) is 25.3 Å². The first-order chi connectivity index (χ1) is 11.4. The summed E-state index contributed by atoms with van der Waals surface area (Å²) in [6, 6.07) is 0. The fourth-order valence-corrected chi connectivity index (χ4v) is 4.12. The number of aryl methyl sites for hydroxylation is 1. The summed E-state index contributed by atoms with van der Waals surface area (Å²) in [5, 5.41) is 0.